The fourth-order valence-corrected chi connectivity index (χ4v) is 2.64. The van der Waals surface area contributed by atoms with Crippen LogP contribution in [0.15, 0.2) is 42.6 Å². The van der Waals surface area contributed by atoms with Crippen LogP contribution in [0.5, 0.6) is 0 Å². The van der Waals surface area contributed by atoms with Gasteiger partial charge < -0.3 is 10.1 Å². The van der Waals surface area contributed by atoms with Gasteiger partial charge in [-0.15, -0.1) is 0 Å². The second-order valence-corrected chi connectivity index (χ2v) is 5.89. The van der Waals surface area contributed by atoms with Gasteiger partial charge in [-0.2, -0.15) is 0 Å². The van der Waals surface area contributed by atoms with E-state index < -0.39 is 5.54 Å². The molecule has 0 fully saturated rings. The van der Waals surface area contributed by atoms with Crippen molar-refractivity contribution in [3.63, 3.8) is 0 Å². The maximum absolute atomic E-state index is 12.4. The molecule has 3 nitrogen and oxygen atoms in total. The summed E-state index contributed by atoms with van der Waals surface area (Å²) in [6.45, 7) is 4.04. The van der Waals surface area contributed by atoms with Crippen molar-refractivity contribution in [3.05, 3.63) is 53.4 Å². The normalized spacial score (nSPS) is 22.2. The molecular weight excluding hydrogens is 236 g/mol. The Morgan fingerprint density at radius 3 is 2.47 bits per heavy atom. The SMILES string of the molecule is CN(C)/C=C/C1=[N+]([O-])C(C)(C)C(c2ccccc2)C1. The van der Waals surface area contributed by atoms with E-state index in [1.807, 2.05) is 63.3 Å². The minimum Gasteiger partial charge on any atom is -0.623 e. The molecule has 2 rings (SSSR count). The minimum atomic E-state index is -0.395. The van der Waals surface area contributed by atoms with E-state index in [4.69, 9.17) is 0 Å². The van der Waals surface area contributed by atoms with Gasteiger partial charge >= 0.3 is 0 Å². The minimum absolute atomic E-state index is 0.244. The summed E-state index contributed by atoms with van der Waals surface area (Å²) in [5, 5.41) is 12.4. The van der Waals surface area contributed by atoms with Crippen molar-refractivity contribution in [2.75, 3.05) is 14.1 Å². The summed E-state index contributed by atoms with van der Waals surface area (Å²) in [4.78, 5) is 1.95. The van der Waals surface area contributed by atoms with Crippen molar-refractivity contribution in [3.8, 4) is 0 Å². The molecule has 1 atom stereocenters. The maximum Gasteiger partial charge on any atom is 0.189 e. The van der Waals surface area contributed by atoms with Gasteiger partial charge in [0, 0.05) is 46.6 Å². The number of rotatable bonds is 3. The molecular formula is C16H22N2O. The molecule has 1 unspecified atom stereocenters. The Bertz CT molecular complexity index is 501. The molecule has 0 spiro atoms. The zero-order chi connectivity index (χ0) is 14.0. The van der Waals surface area contributed by atoms with Crippen molar-refractivity contribution < 1.29 is 4.74 Å². The van der Waals surface area contributed by atoms with E-state index in [-0.39, 0.29) is 5.92 Å². The number of hydrogen-bond donors (Lipinski definition) is 0. The first-order valence-corrected chi connectivity index (χ1v) is 6.65. The third-order valence-corrected chi connectivity index (χ3v) is 3.82. The number of allylic oxidation sites excluding steroid dienone is 1. The quantitative estimate of drug-likeness (QED) is 0.616. The van der Waals surface area contributed by atoms with Gasteiger partial charge in [-0.25, -0.2) is 4.74 Å². The summed E-state index contributed by atoms with van der Waals surface area (Å²) in [6.07, 6.45) is 4.66. The Balaban J connectivity index is 2.30. The van der Waals surface area contributed by atoms with E-state index in [0.29, 0.717) is 0 Å². The summed E-state index contributed by atoms with van der Waals surface area (Å²) in [5.74, 6) is 0.244. The molecule has 3 heteroatoms. The highest BCUT2D eigenvalue weighted by molar-refractivity contribution is 5.92. The average molecular weight is 258 g/mol. The Morgan fingerprint density at radius 2 is 1.89 bits per heavy atom. The zero-order valence-corrected chi connectivity index (χ0v) is 12.1. The van der Waals surface area contributed by atoms with Gasteiger partial charge in [0.1, 0.15) is 0 Å². The number of hydroxylamine groups is 1. The Hall–Kier alpha value is -1.77. The molecule has 1 aliphatic heterocycles. The smallest absolute Gasteiger partial charge is 0.189 e. The van der Waals surface area contributed by atoms with Crippen LogP contribution in [0.2, 0.25) is 0 Å². The molecule has 19 heavy (non-hydrogen) atoms. The van der Waals surface area contributed by atoms with Crippen molar-refractivity contribution in [2.24, 2.45) is 0 Å². The Kier molecular flexibility index (Phi) is 3.65. The molecule has 0 saturated carbocycles. The number of benzene rings is 1. The predicted octanol–water partition coefficient (Wildman–Crippen LogP) is 2.98. The highest BCUT2D eigenvalue weighted by Gasteiger charge is 2.46. The van der Waals surface area contributed by atoms with Gasteiger partial charge in [0.15, 0.2) is 11.3 Å². The van der Waals surface area contributed by atoms with Gasteiger partial charge in [0.2, 0.25) is 0 Å². The Labute approximate surface area is 115 Å². The first kappa shape index (κ1) is 13.7. The van der Waals surface area contributed by atoms with Gasteiger partial charge in [0.05, 0.1) is 5.92 Å². The first-order valence-electron chi connectivity index (χ1n) is 6.65. The summed E-state index contributed by atoms with van der Waals surface area (Å²) in [6, 6.07) is 10.3. The number of hydrogen-bond acceptors (Lipinski definition) is 2. The highest BCUT2D eigenvalue weighted by atomic mass is 16.5. The van der Waals surface area contributed by atoms with E-state index in [0.717, 1.165) is 12.1 Å². The lowest BCUT2D eigenvalue weighted by molar-refractivity contribution is -0.533. The van der Waals surface area contributed by atoms with Crippen LogP contribution in [0.25, 0.3) is 0 Å². The molecule has 0 aliphatic carbocycles. The van der Waals surface area contributed by atoms with Crippen molar-refractivity contribution in [1.29, 1.82) is 0 Å². The molecule has 1 heterocycles. The van der Waals surface area contributed by atoms with Crippen LogP contribution >= 0.6 is 0 Å². The van der Waals surface area contributed by atoms with Gasteiger partial charge in [0.25, 0.3) is 0 Å². The van der Waals surface area contributed by atoms with Crippen LogP contribution < -0.4 is 0 Å². The molecule has 1 aliphatic rings. The topological polar surface area (TPSA) is 29.3 Å². The second-order valence-electron chi connectivity index (χ2n) is 5.89. The monoisotopic (exact) mass is 258 g/mol. The molecule has 0 saturated heterocycles. The van der Waals surface area contributed by atoms with Crippen LogP contribution in [-0.4, -0.2) is 35.0 Å². The predicted molar refractivity (Wildman–Crippen MR) is 79.3 cm³/mol. The zero-order valence-electron chi connectivity index (χ0n) is 12.1. The fraction of sp³-hybridized carbons (Fsp3) is 0.438. The van der Waals surface area contributed by atoms with Crippen LogP contribution in [-0.2, 0) is 0 Å². The highest BCUT2D eigenvalue weighted by Crippen LogP contribution is 2.39. The van der Waals surface area contributed by atoms with Crippen LogP contribution in [0.4, 0.5) is 0 Å². The molecule has 0 aromatic heterocycles. The molecule has 0 amide bonds. The van der Waals surface area contributed by atoms with Crippen LogP contribution in [0, 0.1) is 5.21 Å². The van der Waals surface area contributed by atoms with E-state index in [1.165, 1.54) is 10.3 Å². The van der Waals surface area contributed by atoms with Crippen molar-refractivity contribution in [1.82, 2.24) is 4.90 Å². The summed E-state index contributed by atoms with van der Waals surface area (Å²) in [7, 11) is 3.92. The summed E-state index contributed by atoms with van der Waals surface area (Å²) in [5.41, 5.74) is 1.70. The van der Waals surface area contributed by atoms with Gasteiger partial charge in [-0.05, 0) is 5.56 Å². The van der Waals surface area contributed by atoms with Gasteiger partial charge in [-0.3, -0.25) is 0 Å². The molecule has 1 aromatic rings. The third kappa shape index (κ3) is 2.65. The second kappa shape index (κ2) is 5.08. The Morgan fingerprint density at radius 1 is 1.26 bits per heavy atom. The summed E-state index contributed by atoms with van der Waals surface area (Å²) < 4.78 is 1.17. The molecule has 0 N–H and O–H groups in total. The van der Waals surface area contributed by atoms with E-state index >= 15 is 0 Å². The van der Waals surface area contributed by atoms with Crippen LogP contribution in [0.1, 0.15) is 31.7 Å². The van der Waals surface area contributed by atoms with E-state index in [1.54, 1.807) is 0 Å². The van der Waals surface area contributed by atoms with Crippen LogP contribution in [0.3, 0.4) is 0 Å². The lowest BCUT2D eigenvalue weighted by Gasteiger charge is -2.25. The lowest BCUT2D eigenvalue weighted by Crippen LogP contribution is -2.34. The maximum atomic E-state index is 12.4. The first-order chi connectivity index (χ1) is 8.93. The van der Waals surface area contributed by atoms with Gasteiger partial charge in [-0.1, -0.05) is 30.3 Å². The molecule has 102 valence electrons. The van der Waals surface area contributed by atoms with Crippen molar-refractivity contribution in [2.45, 2.75) is 31.7 Å². The molecule has 1 aromatic carbocycles. The van der Waals surface area contributed by atoms with E-state index in [2.05, 4.69) is 12.1 Å². The third-order valence-electron chi connectivity index (χ3n) is 3.82. The fourth-order valence-electron chi connectivity index (χ4n) is 2.64. The van der Waals surface area contributed by atoms with Crippen molar-refractivity contribution >= 4 is 5.71 Å². The average Bonchev–Trinajstić information content (AvgIpc) is 2.60. The van der Waals surface area contributed by atoms with E-state index in [9.17, 15) is 5.21 Å². The summed E-state index contributed by atoms with van der Waals surface area (Å²) >= 11 is 0. The largest absolute Gasteiger partial charge is 0.623 e. The lowest BCUT2D eigenvalue weighted by atomic mass is 9.82. The number of nitrogens with zero attached hydrogens (tertiary/aromatic N) is 2. The molecule has 0 bridgehead atoms. The standard InChI is InChI=1S/C16H22N2O/c1-16(2)15(13-8-6-5-7-9-13)12-14(18(16)19)10-11-17(3)4/h5-11,15H,12H2,1-4H3/b11-10+. The molecule has 0 radical (unpaired) electrons.